The fourth-order valence-corrected chi connectivity index (χ4v) is 3.76. The summed E-state index contributed by atoms with van der Waals surface area (Å²) in [6.45, 7) is 2.93. The Balaban J connectivity index is 2.13. The number of aryl methyl sites for hydroxylation is 1. The summed E-state index contributed by atoms with van der Waals surface area (Å²) >= 11 is 1.45. The minimum Gasteiger partial charge on any atom is -0.337 e. The molecule has 10 heteroatoms. The molecule has 1 aromatic heterocycles. The van der Waals surface area contributed by atoms with Gasteiger partial charge in [0.2, 0.25) is 0 Å². The van der Waals surface area contributed by atoms with Crippen LogP contribution in [0.1, 0.15) is 5.69 Å². The number of likely N-dealkylation sites (N-methyl/N-ethyl adjacent to an activating group) is 1. The highest BCUT2D eigenvalue weighted by Crippen LogP contribution is 2.38. The lowest BCUT2D eigenvalue weighted by atomic mass is 10.1. The summed E-state index contributed by atoms with van der Waals surface area (Å²) in [4.78, 5) is 35.7. The van der Waals surface area contributed by atoms with Crippen molar-refractivity contribution >= 4 is 29.2 Å². The largest absolute Gasteiger partial charge is 0.337 e. The summed E-state index contributed by atoms with van der Waals surface area (Å²) in [7, 11) is 3.84. The van der Waals surface area contributed by atoms with E-state index >= 15 is 0 Å². The Hall–Kier alpha value is -3.50. The van der Waals surface area contributed by atoms with E-state index in [1.54, 1.807) is 13.0 Å². The van der Waals surface area contributed by atoms with Crippen LogP contribution >= 0.6 is 11.8 Å². The van der Waals surface area contributed by atoms with Gasteiger partial charge < -0.3 is 15.5 Å². The highest BCUT2D eigenvalue weighted by atomic mass is 32.2. The minimum absolute atomic E-state index is 0.0540. The molecule has 2 N–H and O–H groups in total. The zero-order valence-electron chi connectivity index (χ0n) is 19.0. The maximum atomic E-state index is 12.6. The van der Waals surface area contributed by atoms with E-state index in [9.17, 15) is 14.9 Å². The van der Waals surface area contributed by atoms with Crippen LogP contribution in [0.3, 0.4) is 0 Å². The summed E-state index contributed by atoms with van der Waals surface area (Å²) in [6.07, 6.45) is 1.89. The van der Waals surface area contributed by atoms with Crippen LogP contribution < -0.4 is 10.6 Å². The fraction of sp³-hybridized carbons (Fsp3) is 0.261. The molecule has 3 aromatic rings. The SMILES string of the molecule is CSc1ccc([N+](=O)[O-])cc1-c1nc(-c2ccccc2)nc(C)c1NC(=O)NCCN(C)C. The Kier molecular flexibility index (Phi) is 7.96. The Labute approximate surface area is 196 Å². The second kappa shape index (κ2) is 10.9. The van der Waals surface area contributed by atoms with Gasteiger partial charge in [-0.05, 0) is 33.3 Å². The van der Waals surface area contributed by atoms with Crippen LogP contribution in [0, 0.1) is 17.0 Å². The van der Waals surface area contributed by atoms with Gasteiger partial charge in [0.05, 0.1) is 22.0 Å². The summed E-state index contributed by atoms with van der Waals surface area (Å²) in [5.41, 5.74) is 2.70. The molecule has 0 unspecified atom stereocenters. The van der Waals surface area contributed by atoms with Crippen LogP contribution in [-0.2, 0) is 0 Å². The predicted molar refractivity (Wildman–Crippen MR) is 132 cm³/mol. The molecule has 0 saturated heterocycles. The van der Waals surface area contributed by atoms with Crippen LogP contribution in [0.4, 0.5) is 16.2 Å². The number of anilines is 1. The molecule has 2 aromatic carbocycles. The number of urea groups is 1. The monoisotopic (exact) mass is 466 g/mol. The number of thioether (sulfide) groups is 1. The number of hydrogen-bond acceptors (Lipinski definition) is 7. The van der Waals surface area contributed by atoms with E-state index in [0.29, 0.717) is 41.6 Å². The van der Waals surface area contributed by atoms with Gasteiger partial charge in [0, 0.05) is 41.2 Å². The molecule has 0 atom stereocenters. The number of nitrogens with one attached hydrogen (secondary N) is 2. The molecule has 0 aliphatic carbocycles. The molecule has 172 valence electrons. The van der Waals surface area contributed by atoms with Gasteiger partial charge in [-0.2, -0.15) is 0 Å². The van der Waals surface area contributed by atoms with Gasteiger partial charge >= 0.3 is 6.03 Å². The van der Waals surface area contributed by atoms with E-state index in [2.05, 4.69) is 15.6 Å². The maximum Gasteiger partial charge on any atom is 0.319 e. The first-order valence-corrected chi connectivity index (χ1v) is 11.5. The number of nitrogens with zero attached hydrogens (tertiary/aromatic N) is 4. The number of nitro benzene ring substituents is 1. The van der Waals surface area contributed by atoms with E-state index in [4.69, 9.17) is 4.98 Å². The number of rotatable bonds is 8. The molecule has 9 nitrogen and oxygen atoms in total. The van der Waals surface area contributed by atoms with E-state index in [0.717, 1.165) is 10.5 Å². The van der Waals surface area contributed by atoms with Crippen molar-refractivity contribution in [3.8, 4) is 22.6 Å². The summed E-state index contributed by atoms with van der Waals surface area (Å²) in [5, 5.41) is 17.1. The predicted octanol–water partition coefficient (Wildman–Crippen LogP) is 4.43. The first kappa shape index (κ1) is 24.1. The van der Waals surface area contributed by atoms with Crippen LogP contribution in [0.25, 0.3) is 22.6 Å². The lowest BCUT2D eigenvalue weighted by Gasteiger charge is -2.17. The van der Waals surface area contributed by atoms with Gasteiger partial charge in [-0.25, -0.2) is 14.8 Å². The van der Waals surface area contributed by atoms with Crippen molar-refractivity contribution in [2.45, 2.75) is 11.8 Å². The highest BCUT2D eigenvalue weighted by molar-refractivity contribution is 7.98. The van der Waals surface area contributed by atoms with Crippen molar-refractivity contribution in [1.82, 2.24) is 20.2 Å². The molecule has 0 aliphatic heterocycles. The number of hydrogen-bond donors (Lipinski definition) is 2. The molecule has 3 rings (SSSR count). The van der Waals surface area contributed by atoms with Crippen LogP contribution in [0.15, 0.2) is 53.4 Å². The normalized spacial score (nSPS) is 10.8. The number of aromatic nitrogens is 2. The molecule has 0 radical (unpaired) electrons. The van der Waals surface area contributed by atoms with Gasteiger partial charge in [-0.1, -0.05) is 30.3 Å². The molecule has 0 saturated carbocycles. The Morgan fingerprint density at radius 2 is 1.88 bits per heavy atom. The summed E-state index contributed by atoms with van der Waals surface area (Å²) in [6, 6.07) is 13.7. The van der Waals surface area contributed by atoms with Gasteiger partial charge in [0.25, 0.3) is 5.69 Å². The van der Waals surface area contributed by atoms with Crippen molar-refractivity contribution in [3.63, 3.8) is 0 Å². The molecule has 0 spiro atoms. The number of nitro groups is 1. The Morgan fingerprint density at radius 3 is 2.52 bits per heavy atom. The molecule has 0 aliphatic rings. The zero-order chi connectivity index (χ0) is 24.0. The molecular weight excluding hydrogens is 440 g/mol. The zero-order valence-corrected chi connectivity index (χ0v) is 19.8. The van der Waals surface area contributed by atoms with E-state index in [1.165, 1.54) is 23.9 Å². The maximum absolute atomic E-state index is 12.6. The van der Waals surface area contributed by atoms with Gasteiger partial charge in [0.1, 0.15) is 0 Å². The molecule has 33 heavy (non-hydrogen) atoms. The molecular formula is C23H26N6O3S. The Morgan fingerprint density at radius 1 is 1.15 bits per heavy atom. The van der Waals surface area contributed by atoms with Crippen molar-refractivity contribution in [1.29, 1.82) is 0 Å². The third kappa shape index (κ3) is 6.05. The third-order valence-corrected chi connectivity index (χ3v) is 5.65. The molecule has 0 bridgehead atoms. The van der Waals surface area contributed by atoms with Crippen molar-refractivity contribution in [2.24, 2.45) is 0 Å². The summed E-state index contributed by atoms with van der Waals surface area (Å²) in [5.74, 6) is 0.472. The number of carbonyl (C=O) groups is 1. The first-order valence-electron chi connectivity index (χ1n) is 10.3. The Bertz CT molecular complexity index is 1150. The lowest BCUT2D eigenvalue weighted by Crippen LogP contribution is -2.34. The average Bonchev–Trinajstić information content (AvgIpc) is 2.80. The minimum atomic E-state index is -0.444. The van der Waals surface area contributed by atoms with E-state index in [-0.39, 0.29) is 5.69 Å². The fourth-order valence-electron chi connectivity index (χ4n) is 3.18. The number of non-ortho nitro benzene ring substituents is 1. The van der Waals surface area contributed by atoms with E-state index in [1.807, 2.05) is 55.6 Å². The average molecular weight is 467 g/mol. The van der Waals surface area contributed by atoms with Crippen molar-refractivity contribution in [2.75, 3.05) is 38.8 Å². The second-order valence-corrected chi connectivity index (χ2v) is 8.40. The van der Waals surface area contributed by atoms with E-state index < -0.39 is 11.0 Å². The molecule has 2 amide bonds. The van der Waals surface area contributed by atoms with Gasteiger partial charge in [0.15, 0.2) is 5.82 Å². The third-order valence-electron chi connectivity index (χ3n) is 4.85. The van der Waals surface area contributed by atoms with Crippen LogP contribution in [0.5, 0.6) is 0 Å². The smallest absolute Gasteiger partial charge is 0.319 e. The highest BCUT2D eigenvalue weighted by Gasteiger charge is 2.21. The molecule has 0 fully saturated rings. The first-order chi connectivity index (χ1) is 15.8. The number of carbonyl (C=O) groups excluding carboxylic acids is 1. The lowest BCUT2D eigenvalue weighted by molar-refractivity contribution is -0.384. The van der Waals surface area contributed by atoms with Crippen LogP contribution in [0.2, 0.25) is 0 Å². The van der Waals surface area contributed by atoms with Crippen LogP contribution in [-0.4, -0.2) is 59.3 Å². The summed E-state index contributed by atoms with van der Waals surface area (Å²) < 4.78 is 0. The number of amides is 2. The van der Waals surface area contributed by atoms with Gasteiger partial charge in [-0.3, -0.25) is 10.1 Å². The standard InChI is InChI=1S/C23H26N6O3S/c1-15-20(27-23(30)24-12-13-28(2)3)21(26-22(25-15)16-8-6-5-7-9-16)18-14-17(29(31)32)10-11-19(18)33-4/h5-11,14H,12-13H2,1-4H3,(H2,24,27,30). The van der Waals surface area contributed by atoms with Crippen molar-refractivity contribution in [3.05, 3.63) is 64.3 Å². The topological polar surface area (TPSA) is 113 Å². The second-order valence-electron chi connectivity index (χ2n) is 7.55. The quantitative estimate of drug-likeness (QED) is 0.287. The number of benzene rings is 2. The van der Waals surface area contributed by atoms with Crippen molar-refractivity contribution < 1.29 is 9.72 Å². The van der Waals surface area contributed by atoms with Gasteiger partial charge in [-0.15, -0.1) is 11.8 Å². The molecule has 1 heterocycles.